The van der Waals surface area contributed by atoms with E-state index in [1.165, 1.54) is 21.9 Å². The van der Waals surface area contributed by atoms with Gasteiger partial charge in [-0.05, 0) is 46.3 Å². The Bertz CT molecular complexity index is 2170. The lowest BCUT2D eigenvalue weighted by atomic mass is 10.0. The monoisotopic (exact) mass is 537 g/mol. The van der Waals surface area contributed by atoms with Crippen LogP contribution < -0.4 is 4.90 Å². The van der Waals surface area contributed by atoms with E-state index in [1.807, 2.05) is 6.07 Å². The summed E-state index contributed by atoms with van der Waals surface area (Å²) in [4.78, 5) is 2.34. The molecule has 0 bridgehead atoms. The molecule has 0 amide bonds. The predicted octanol–water partition coefficient (Wildman–Crippen LogP) is 11.5. The molecule has 2 nitrogen and oxygen atoms in total. The Labute approximate surface area is 244 Å². The standard InChI is InChI=1S/C40H27NO/c1-3-12-28(13-4-1)29-24-26-32(27-25-29)41(37-22-9-17-30-16-7-8-18-33(30)37)38-23-11-21-36-35-20-10-19-34(39(35)42-40(36)38)31-14-5-2-6-15-31/h1-27H. The van der Waals surface area contributed by atoms with Crippen LogP contribution in [0.15, 0.2) is 168 Å². The Morgan fingerprint density at radius 3 is 1.69 bits per heavy atom. The second-order valence-electron chi connectivity index (χ2n) is 10.6. The van der Waals surface area contributed by atoms with Gasteiger partial charge in [-0.25, -0.2) is 0 Å². The lowest BCUT2D eigenvalue weighted by Gasteiger charge is -2.27. The van der Waals surface area contributed by atoms with Crippen LogP contribution in [0, 0.1) is 0 Å². The third-order valence-electron chi connectivity index (χ3n) is 8.07. The Morgan fingerprint density at radius 2 is 0.905 bits per heavy atom. The van der Waals surface area contributed by atoms with Crippen LogP contribution in [0.4, 0.5) is 17.1 Å². The predicted molar refractivity (Wildman–Crippen MR) is 177 cm³/mol. The average molecular weight is 538 g/mol. The first-order chi connectivity index (χ1) is 20.8. The van der Waals surface area contributed by atoms with Crippen LogP contribution in [0.5, 0.6) is 0 Å². The average Bonchev–Trinajstić information content (AvgIpc) is 3.46. The molecule has 0 unspecified atom stereocenters. The summed E-state index contributed by atoms with van der Waals surface area (Å²) in [6.45, 7) is 0. The summed E-state index contributed by atoms with van der Waals surface area (Å²) >= 11 is 0. The molecule has 198 valence electrons. The van der Waals surface area contributed by atoms with Crippen molar-refractivity contribution in [3.8, 4) is 22.3 Å². The Morgan fingerprint density at radius 1 is 0.357 bits per heavy atom. The van der Waals surface area contributed by atoms with E-state index in [4.69, 9.17) is 4.42 Å². The molecular weight excluding hydrogens is 510 g/mol. The van der Waals surface area contributed by atoms with E-state index in [0.29, 0.717) is 0 Å². The smallest absolute Gasteiger partial charge is 0.159 e. The largest absolute Gasteiger partial charge is 0.453 e. The zero-order valence-electron chi connectivity index (χ0n) is 22.9. The van der Waals surface area contributed by atoms with Gasteiger partial charge in [-0.15, -0.1) is 0 Å². The van der Waals surface area contributed by atoms with E-state index in [2.05, 4.69) is 163 Å². The van der Waals surface area contributed by atoms with Crippen molar-refractivity contribution < 1.29 is 4.42 Å². The molecule has 2 heteroatoms. The fraction of sp³-hybridized carbons (Fsp3) is 0. The summed E-state index contributed by atoms with van der Waals surface area (Å²) in [5.41, 5.74) is 9.59. The molecule has 1 aromatic heterocycles. The highest BCUT2D eigenvalue weighted by atomic mass is 16.3. The minimum absolute atomic E-state index is 0.871. The minimum atomic E-state index is 0.871. The molecule has 0 radical (unpaired) electrons. The lowest BCUT2D eigenvalue weighted by Crippen LogP contribution is -2.10. The van der Waals surface area contributed by atoms with Crippen molar-refractivity contribution in [2.75, 3.05) is 4.90 Å². The number of furan rings is 1. The SMILES string of the molecule is c1ccc(-c2ccc(N(c3cccc4ccccc34)c3cccc4c3oc3c(-c5ccccc5)cccc34)cc2)cc1. The van der Waals surface area contributed by atoms with Gasteiger partial charge in [-0.1, -0.05) is 140 Å². The van der Waals surface area contributed by atoms with Gasteiger partial charge in [-0.3, -0.25) is 0 Å². The molecule has 1 heterocycles. The first-order valence-corrected chi connectivity index (χ1v) is 14.3. The van der Waals surface area contributed by atoms with Gasteiger partial charge in [0.1, 0.15) is 5.58 Å². The van der Waals surface area contributed by atoms with Crippen molar-refractivity contribution in [2.45, 2.75) is 0 Å². The van der Waals surface area contributed by atoms with Gasteiger partial charge in [0.2, 0.25) is 0 Å². The third kappa shape index (κ3) is 4.05. The highest BCUT2D eigenvalue weighted by molar-refractivity contribution is 6.14. The molecule has 7 aromatic carbocycles. The number of hydrogen-bond donors (Lipinski definition) is 0. The Balaban J connectivity index is 1.38. The summed E-state index contributed by atoms with van der Waals surface area (Å²) in [7, 11) is 0. The Hall–Kier alpha value is -5.60. The van der Waals surface area contributed by atoms with Gasteiger partial charge in [-0.2, -0.15) is 0 Å². The molecule has 0 aliphatic rings. The van der Waals surface area contributed by atoms with Crippen molar-refractivity contribution in [2.24, 2.45) is 0 Å². The van der Waals surface area contributed by atoms with Crippen LogP contribution in [0.3, 0.4) is 0 Å². The van der Waals surface area contributed by atoms with E-state index in [9.17, 15) is 0 Å². The van der Waals surface area contributed by atoms with Crippen LogP contribution in [0.2, 0.25) is 0 Å². The number of fused-ring (bicyclic) bond motifs is 4. The third-order valence-corrected chi connectivity index (χ3v) is 8.07. The first kappa shape index (κ1) is 24.2. The molecule has 8 rings (SSSR count). The first-order valence-electron chi connectivity index (χ1n) is 14.3. The summed E-state index contributed by atoms with van der Waals surface area (Å²) in [5.74, 6) is 0. The maximum absolute atomic E-state index is 6.86. The quantitative estimate of drug-likeness (QED) is 0.217. The normalized spacial score (nSPS) is 11.3. The lowest BCUT2D eigenvalue weighted by molar-refractivity contribution is 0.670. The minimum Gasteiger partial charge on any atom is -0.453 e. The molecule has 0 fully saturated rings. The molecule has 0 N–H and O–H groups in total. The molecule has 0 spiro atoms. The summed E-state index contributed by atoms with van der Waals surface area (Å²) in [5, 5.41) is 4.60. The van der Waals surface area contributed by atoms with Gasteiger partial charge >= 0.3 is 0 Å². The summed E-state index contributed by atoms with van der Waals surface area (Å²) in [6.07, 6.45) is 0. The van der Waals surface area contributed by atoms with E-state index in [1.54, 1.807) is 0 Å². The maximum Gasteiger partial charge on any atom is 0.159 e. The number of anilines is 3. The van der Waals surface area contributed by atoms with E-state index >= 15 is 0 Å². The van der Waals surface area contributed by atoms with Crippen molar-refractivity contribution >= 4 is 49.8 Å². The van der Waals surface area contributed by atoms with Gasteiger partial charge in [0.15, 0.2) is 5.58 Å². The van der Waals surface area contributed by atoms with Crippen molar-refractivity contribution in [1.29, 1.82) is 0 Å². The second kappa shape index (κ2) is 10.1. The van der Waals surface area contributed by atoms with Gasteiger partial charge < -0.3 is 9.32 Å². The van der Waals surface area contributed by atoms with Crippen LogP contribution in [-0.4, -0.2) is 0 Å². The number of benzene rings is 7. The highest BCUT2D eigenvalue weighted by Gasteiger charge is 2.21. The second-order valence-corrected chi connectivity index (χ2v) is 10.6. The van der Waals surface area contributed by atoms with Crippen LogP contribution in [-0.2, 0) is 0 Å². The molecule has 0 aliphatic heterocycles. The van der Waals surface area contributed by atoms with E-state index in [-0.39, 0.29) is 0 Å². The zero-order valence-corrected chi connectivity index (χ0v) is 22.9. The van der Waals surface area contributed by atoms with E-state index < -0.39 is 0 Å². The number of rotatable bonds is 5. The summed E-state index contributed by atoms with van der Waals surface area (Å²) in [6, 6.07) is 57.8. The molecule has 0 saturated carbocycles. The Kier molecular flexibility index (Phi) is 5.82. The summed E-state index contributed by atoms with van der Waals surface area (Å²) < 4.78 is 6.86. The van der Waals surface area contributed by atoms with Crippen molar-refractivity contribution in [3.63, 3.8) is 0 Å². The fourth-order valence-corrected chi connectivity index (χ4v) is 6.07. The molecule has 0 aliphatic carbocycles. The van der Waals surface area contributed by atoms with Crippen LogP contribution >= 0.6 is 0 Å². The fourth-order valence-electron chi connectivity index (χ4n) is 6.07. The van der Waals surface area contributed by atoms with Crippen molar-refractivity contribution in [1.82, 2.24) is 0 Å². The molecular formula is C40H27NO. The molecule has 8 aromatic rings. The van der Waals surface area contributed by atoms with Crippen molar-refractivity contribution in [3.05, 3.63) is 164 Å². The topological polar surface area (TPSA) is 16.4 Å². The molecule has 0 atom stereocenters. The molecule has 42 heavy (non-hydrogen) atoms. The van der Waals surface area contributed by atoms with Gasteiger partial charge in [0.25, 0.3) is 0 Å². The number of para-hydroxylation sites is 2. The van der Waals surface area contributed by atoms with Gasteiger partial charge in [0, 0.05) is 27.4 Å². The van der Waals surface area contributed by atoms with Gasteiger partial charge in [0.05, 0.1) is 11.4 Å². The highest BCUT2D eigenvalue weighted by Crippen LogP contribution is 2.45. The number of nitrogens with zero attached hydrogens (tertiary/aromatic N) is 1. The van der Waals surface area contributed by atoms with Crippen LogP contribution in [0.1, 0.15) is 0 Å². The van der Waals surface area contributed by atoms with Crippen LogP contribution in [0.25, 0.3) is 55.0 Å². The maximum atomic E-state index is 6.86. The zero-order chi connectivity index (χ0) is 27.9. The number of hydrogen-bond acceptors (Lipinski definition) is 2. The van der Waals surface area contributed by atoms with E-state index in [0.717, 1.165) is 50.1 Å². The molecule has 0 saturated heterocycles.